The van der Waals surface area contributed by atoms with E-state index in [0.29, 0.717) is 6.42 Å². The van der Waals surface area contributed by atoms with Gasteiger partial charge in [0.05, 0.1) is 6.10 Å². The first-order valence-electron chi connectivity index (χ1n) is 3.56. The highest BCUT2D eigenvalue weighted by Crippen LogP contribution is 2.22. The van der Waals surface area contributed by atoms with Crippen molar-refractivity contribution in [1.29, 1.82) is 0 Å². The second-order valence-electron chi connectivity index (χ2n) is 2.82. The Balaban J connectivity index is 2.71. The standard InChI is InChI=1S/C8H12O2/c1-6-2-3-8(10)4-7(6)5-9/h5,8,10H,2-4H2,1H3/t8-/m0/s1. The summed E-state index contributed by atoms with van der Waals surface area (Å²) in [6.45, 7) is 1.95. The van der Waals surface area contributed by atoms with Gasteiger partial charge in [0.25, 0.3) is 0 Å². The van der Waals surface area contributed by atoms with Crippen LogP contribution in [-0.4, -0.2) is 17.5 Å². The average molecular weight is 140 g/mol. The number of carbonyl (C=O) groups is 1. The summed E-state index contributed by atoms with van der Waals surface area (Å²) in [6.07, 6.45) is 2.80. The van der Waals surface area contributed by atoms with Gasteiger partial charge in [0.15, 0.2) is 0 Å². The minimum atomic E-state index is -0.288. The van der Waals surface area contributed by atoms with E-state index in [9.17, 15) is 4.79 Å². The molecule has 0 aromatic carbocycles. The second kappa shape index (κ2) is 2.97. The third-order valence-corrected chi connectivity index (χ3v) is 2.00. The molecule has 0 fully saturated rings. The highest BCUT2D eigenvalue weighted by molar-refractivity contribution is 5.74. The Morgan fingerprint density at radius 3 is 2.90 bits per heavy atom. The Morgan fingerprint density at radius 2 is 2.40 bits per heavy atom. The quantitative estimate of drug-likeness (QED) is 0.553. The number of rotatable bonds is 1. The lowest BCUT2D eigenvalue weighted by Crippen LogP contribution is -2.14. The van der Waals surface area contributed by atoms with E-state index < -0.39 is 0 Å². The van der Waals surface area contributed by atoms with Crippen LogP contribution in [0.2, 0.25) is 0 Å². The molecule has 0 unspecified atom stereocenters. The maximum Gasteiger partial charge on any atom is 0.146 e. The fraction of sp³-hybridized carbons (Fsp3) is 0.625. The van der Waals surface area contributed by atoms with Gasteiger partial charge in [-0.1, -0.05) is 5.57 Å². The predicted molar refractivity (Wildman–Crippen MR) is 38.6 cm³/mol. The highest BCUT2D eigenvalue weighted by atomic mass is 16.3. The molecule has 56 valence electrons. The molecule has 2 nitrogen and oxygen atoms in total. The Labute approximate surface area is 60.6 Å². The minimum absolute atomic E-state index is 0.288. The Hall–Kier alpha value is -0.630. The zero-order chi connectivity index (χ0) is 7.56. The van der Waals surface area contributed by atoms with Crippen LogP contribution in [0.25, 0.3) is 0 Å². The molecule has 0 spiro atoms. The molecule has 1 aliphatic carbocycles. The molecule has 1 atom stereocenters. The maximum absolute atomic E-state index is 10.3. The molecule has 0 heterocycles. The van der Waals surface area contributed by atoms with E-state index in [-0.39, 0.29) is 6.10 Å². The molecule has 0 saturated carbocycles. The van der Waals surface area contributed by atoms with Crippen molar-refractivity contribution < 1.29 is 9.90 Å². The first-order valence-corrected chi connectivity index (χ1v) is 3.56. The molecule has 10 heavy (non-hydrogen) atoms. The van der Waals surface area contributed by atoms with Crippen LogP contribution in [0.15, 0.2) is 11.1 Å². The van der Waals surface area contributed by atoms with Crippen LogP contribution in [0.1, 0.15) is 26.2 Å². The van der Waals surface area contributed by atoms with E-state index >= 15 is 0 Å². The number of carbonyl (C=O) groups excluding carboxylic acids is 1. The lowest BCUT2D eigenvalue weighted by Gasteiger charge is -2.18. The van der Waals surface area contributed by atoms with Crippen LogP contribution in [-0.2, 0) is 4.79 Å². The Bertz CT molecular complexity index is 170. The van der Waals surface area contributed by atoms with E-state index in [0.717, 1.165) is 30.3 Å². The Morgan fingerprint density at radius 1 is 1.70 bits per heavy atom. The van der Waals surface area contributed by atoms with E-state index in [1.54, 1.807) is 0 Å². The van der Waals surface area contributed by atoms with E-state index in [1.807, 2.05) is 6.92 Å². The summed E-state index contributed by atoms with van der Waals surface area (Å²) in [5, 5.41) is 9.14. The molecular formula is C8H12O2. The first kappa shape index (κ1) is 7.48. The summed E-state index contributed by atoms with van der Waals surface area (Å²) in [7, 11) is 0. The van der Waals surface area contributed by atoms with Crippen molar-refractivity contribution in [2.45, 2.75) is 32.3 Å². The molecule has 2 heteroatoms. The molecule has 0 aromatic rings. The number of aliphatic hydroxyl groups is 1. The number of hydrogen-bond donors (Lipinski definition) is 1. The fourth-order valence-corrected chi connectivity index (χ4v) is 1.22. The van der Waals surface area contributed by atoms with Gasteiger partial charge in [-0.3, -0.25) is 4.79 Å². The normalized spacial score (nSPS) is 26.8. The summed E-state index contributed by atoms with van der Waals surface area (Å²) >= 11 is 0. The van der Waals surface area contributed by atoms with Gasteiger partial charge in [-0.05, 0) is 25.3 Å². The van der Waals surface area contributed by atoms with Crippen LogP contribution in [0.3, 0.4) is 0 Å². The molecule has 0 bridgehead atoms. The van der Waals surface area contributed by atoms with Crippen molar-refractivity contribution in [3.05, 3.63) is 11.1 Å². The van der Waals surface area contributed by atoms with Gasteiger partial charge in [0.1, 0.15) is 6.29 Å². The molecule has 0 saturated heterocycles. The van der Waals surface area contributed by atoms with Crippen molar-refractivity contribution in [2.75, 3.05) is 0 Å². The summed E-state index contributed by atoms with van der Waals surface area (Å²) in [4.78, 5) is 10.3. The number of allylic oxidation sites excluding steroid dienone is 1. The molecule has 1 rings (SSSR count). The molecular weight excluding hydrogens is 128 g/mol. The van der Waals surface area contributed by atoms with Gasteiger partial charge < -0.3 is 5.11 Å². The predicted octanol–water partition coefficient (Wildman–Crippen LogP) is 1.05. The number of aliphatic hydroxyl groups excluding tert-OH is 1. The SMILES string of the molecule is CC1=C(C=O)C[C@@H](O)CC1. The summed E-state index contributed by atoms with van der Waals surface area (Å²) in [6, 6.07) is 0. The van der Waals surface area contributed by atoms with E-state index in [4.69, 9.17) is 5.11 Å². The van der Waals surface area contributed by atoms with E-state index in [1.165, 1.54) is 0 Å². The largest absolute Gasteiger partial charge is 0.393 e. The van der Waals surface area contributed by atoms with Crippen molar-refractivity contribution in [2.24, 2.45) is 0 Å². The van der Waals surface area contributed by atoms with Gasteiger partial charge >= 0.3 is 0 Å². The molecule has 0 aliphatic heterocycles. The average Bonchev–Trinajstić information content (AvgIpc) is 1.94. The van der Waals surface area contributed by atoms with Gasteiger partial charge in [0.2, 0.25) is 0 Å². The van der Waals surface area contributed by atoms with Gasteiger partial charge in [-0.2, -0.15) is 0 Å². The van der Waals surface area contributed by atoms with Crippen LogP contribution >= 0.6 is 0 Å². The van der Waals surface area contributed by atoms with Crippen LogP contribution in [0, 0.1) is 0 Å². The van der Waals surface area contributed by atoms with Crippen LogP contribution < -0.4 is 0 Å². The molecule has 1 aliphatic rings. The molecule has 0 amide bonds. The Kier molecular flexibility index (Phi) is 2.22. The van der Waals surface area contributed by atoms with Crippen molar-refractivity contribution >= 4 is 6.29 Å². The molecule has 0 aromatic heterocycles. The van der Waals surface area contributed by atoms with Gasteiger partial charge in [-0.15, -0.1) is 0 Å². The third kappa shape index (κ3) is 1.45. The van der Waals surface area contributed by atoms with E-state index in [2.05, 4.69) is 0 Å². The zero-order valence-corrected chi connectivity index (χ0v) is 6.13. The third-order valence-electron chi connectivity index (χ3n) is 2.00. The number of hydrogen-bond acceptors (Lipinski definition) is 2. The monoisotopic (exact) mass is 140 g/mol. The summed E-state index contributed by atoms with van der Waals surface area (Å²) in [5.41, 5.74) is 1.93. The van der Waals surface area contributed by atoms with Gasteiger partial charge in [-0.25, -0.2) is 0 Å². The second-order valence-corrected chi connectivity index (χ2v) is 2.82. The van der Waals surface area contributed by atoms with Crippen molar-refractivity contribution in [3.63, 3.8) is 0 Å². The van der Waals surface area contributed by atoms with Crippen molar-refractivity contribution in [3.8, 4) is 0 Å². The van der Waals surface area contributed by atoms with Crippen LogP contribution in [0.5, 0.6) is 0 Å². The highest BCUT2D eigenvalue weighted by Gasteiger charge is 2.15. The fourth-order valence-electron chi connectivity index (χ4n) is 1.22. The first-order chi connectivity index (χ1) is 4.74. The summed E-state index contributed by atoms with van der Waals surface area (Å²) in [5.74, 6) is 0. The zero-order valence-electron chi connectivity index (χ0n) is 6.13. The van der Waals surface area contributed by atoms with Crippen molar-refractivity contribution in [1.82, 2.24) is 0 Å². The van der Waals surface area contributed by atoms with Gasteiger partial charge in [0, 0.05) is 6.42 Å². The van der Waals surface area contributed by atoms with Crippen LogP contribution in [0.4, 0.5) is 0 Å². The summed E-state index contributed by atoms with van der Waals surface area (Å²) < 4.78 is 0. The lowest BCUT2D eigenvalue weighted by atomic mass is 9.92. The molecule has 1 N–H and O–H groups in total. The minimum Gasteiger partial charge on any atom is -0.393 e. The smallest absolute Gasteiger partial charge is 0.146 e. The lowest BCUT2D eigenvalue weighted by molar-refractivity contribution is -0.105. The molecule has 0 radical (unpaired) electrons. The maximum atomic E-state index is 10.3. The topological polar surface area (TPSA) is 37.3 Å². The number of aldehydes is 1.